The van der Waals surface area contributed by atoms with Crippen LogP contribution in [-0.4, -0.2) is 21.4 Å². The molecule has 146 valence electrons. The van der Waals surface area contributed by atoms with Crippen molar-refractivity contribution in [3.05, 3.63) is 46.5 Å². The van der Waals surface area contributed by atoms with Crippen molar-refractivity contribution in [3.63, 3.8) is 0 Å². The summed E-state index contributed by atoms with van der Waals surface area (Å²) in [5.41, 5.74) is -0.0519. The highest BCUT2D eigenvalue weighted by Crippen LogP contribution is 2.46. The molecule has 27 heavy (non-hydrogen) atoms. The van der Waals surface area contributed by atoms with Gasteiger partial charge in [0.2, 0.25) is 0 Å². The summed E-state index contributed by atoms with van der Waals surface area (Å²) in [6.45, 7) is 0.710. The lowest BCUT2D eigenvalue weighted by Crippen LogP contribution is -2.30. The third kappa shape index (κ3) is 5.10. The number of alkyl halides is 3. The van der Waals surface area contributed by atoms with E-state index in [4.69, 9.17) is 23.8 Å². The minimum Gasteiger partial charge on any atom is -0.362 e. The lowest BCUT2D eigenvalue weighted by molar-refractivity contribution is -0.141. The minimum atomic E-state index is -4.57. The van der Waals surface area contributed by atoms with Crippen molar-refractivity contribution in [2.45, 2.75) is 37.9 Å². The Morgan fingerprint density at radius 1 is 1.33 bits per heavy atom. The predicted octanol–water partition coefficient (Wildman–Crippen LogP) is 4.95. The number of halogens is 5. The Hall–Kier alpha value is -1.87. The van der Waals surface area contributed by atoms with E-state index in [9.17, 15) is 17.6 Å². The Bertz CT molecular complexity index is 833. The van der Waals surface area contributed by atoms with Crippen LogP contribution in [0, 0.1) is 5.82 Å². The van der Waals surface area contributed by atoms with Crippen molar-refractivity contribution in [3.8, 4) is 0 Å². The van der Waals surface area contributed by atoms with E-state index in [1.54, 1.807) is 12.1 Å². The molecule has 2 N–H and O–H groups in total. The fraction of sp³-hybridized carbons (Fsp3) is 0.412. The molecule has 0 amide bonds. The van der Waals surface area contributed by atoms with Gasteiger partial charge in [-0.2, -0.15) is 18.3 Å². The van der Waals surface area contributed by atoms with Crippen LogP contribution in [0.25, 0.3) is 0 Å². The van der Waals surface area contributed by atoms with Crippen LogP contribution in [0.3, 0.4) is 0 Å². The van der Waals surface area contributed by atoms with Crippen LogP contribution >= 0.6 is 23.8 Å². The van der Waals surface area contributed by atoms with Gasteiger partial charge in [-0.3, -0.25) is 4.68 Å². The van der Waals surface area contributed by atoms with Gasteiger partial charge in [0, 0.05) is 24.7 Å². The number of anilines is 1. The zero-order valence-corrected chi connectivity index (χ0v) is 15.7. The number of nitrogens with one attached hydrogen (secondary N) is 2. The number of hydrogen-bond acceptors (Lipinski definition) is 2. The molecule has 0 atom stereocenters. The van der Waals surface area contributed by atoms with Gasteiger partial charge in [-0.1, -0.05) is 17.7 Å². The number of nitrogens with zero attached hydrogens (tertiary/aromatic N) is 2. The number of aryl methyl sites for hydroxylation is 1. The van der Waals surface area contributed by atoms with Crippen LogP contribution < -0.4 is 10.6 Å². The molecule has 1 aliphatic carbocycles. The molecule has 4 nitrogen and oxygen atoms in total. The highest BCUT2D eigenvalue weighted by atomic mass is 35.5. The van der Waals surface area contributed by atoms with Gasteiger partial charge in [-0.25, -0.2) is 4.39 Å². The normalized spacial score (nSPS) is 14.3. The topological polar surface area (TPSA) is 41.9 Å². The first-order chi connectivity index (χ1) is 12.8. The lowest BCUT2D eigenvalue weighted by atomic mass is 10.2. The second kappa shape index (κ2) is 8.02. The summed E-state index contributed by atoms with van der Waals surface area (Å²) in [7, 11) is 0. The Labute approximate surface area is 163 Å². The number of thiocarbonyl (C=S) groups is 1. The van der Waals surface area contributed by atoms with Crippen molar-refractivity contribution >= 4 is 34.6 Å². The van der Waals surface area contributed by atoms with E-state index in [1.165, 1.54) is 16.8 Å². The van der Waals surface area contributed by atoms with E-state index in [0.29, 0.717) is 29.5 Å². The number of benzene rings is 1. The van der Waals surface area contributed by atoms with Gasteiger partial charge in [0.1, 0.15) is 5.82 Å². The third-order valence-electron chi connectivity index (χ3n) is 4.08. The molecule has 1 aliphatic rings. The number of hydrogen-bond donors (Lipinski definition) is 2. The zero-order valence-electron chi connectivity index (χ0n) is 14.1. The number of rotatable bonds is 6. The molecule has 0 bridgehead atoms. The molecular formula is C17H17ClF4N4S. The second-order valence-electron chi connectivity index (χ2n) is 6.29. The van der Waals surface area contributed by atoms with Crippen LogP contribution in [0.15, 0.2) is 24.3 Å². The molecular weight excluding hydrogens is 404 g/mol. The van der Waals surface area contributed by atoms with E-state index in [0.717, 1.165) is 12.8 Å². The molecule has 0 unspecified atom stereocenters. The summed E-state index contributed by atoms with van der Waals surface area (Å²) in [6, 6.07) is 5.85. The summed E-state index contributed by atoms with van der Waals surface area (Å²) >= 11 is 11.1. The Balaban J connectivity index is 1.54. The standard InChI is InChI=1S/C17H17ClF4N4S/c18-13-14(10-5-6-10)26(25-15(13)17(20,21)22)8-2-7-23-16(27)24-12-4-1-3-11(19)9-12/h1,3-4,9-10H,2,5-8H2,(H2,23,24,27). The second-order valence-corrected chi connectivity index (χ2v) is 7.07. The quantitative estimate of drug-likeness (QED) is 0.394. The smallest absolute Gasteiger partial charge is 0.362 e. The van der Waals surface area contributed by atoms with Crippen LogP contribution in [0.1, 0.15) is 36.6 Å². The molecule has 1 heterocycles. The fourth-order valence-electron chi connectivity index (χ4n) is 2.72. The summed E-state index contributed by atoms with van der Waals surface area (Å²) in [5, 5.41) is 9.47. The maximum atomic E-state index is 13.1. The summed E-state index contributed by atoms with van der Waals surface area (Å²) < 4.78 is 53.6. The monoisotopic (exact) mass is 420 g/mol. The molecule has 1 fully saturated rings. The molecule has 2 aromatic rings. The van der Waals surface area contributed by atoms with Gasteiger partial charge in [-0.15, -0.1) is 0 Å². The highest BCUT2D eigenvalue weighted by molar-refractivity contribution is 7.80. The van der Waals surface area contributed by atoms with Crippen LogP contribution in [0.5, 0.6) is 0 Å². The summed E-state index contributed by atoms with van der Waals surface area (Å²) in [5.74, 6) is -0.337. The minimum absolute atomic E-state index is 0.0461. The van der Waals surface area contributed by atoms with Crippen molar-refractivity contribution in [2.75, 3.05) is 11.9 Å². The summed E-state index contributed by atoms with van der Waals surface area (Å²) in [6.07, 6.45) is -2.42. The molecule has 0 aliphatic heterocycles. The molecule has 1 saturated carbocycles. The molecule has 0 radical (unpaired) electrons. The van der Waals surface area contributed by atoms with Crippen LogP contribution in [0.2, 0.25) is 5.02 Å². The largest absolute Gasteiger partial charge is 0.436 e. The first kappa shape index (κ1) is 19.9. The van der Waals surface area contributed by atoms with E-state index < -0.39 is 11.9 Å². The van der Waals surface area contributed by atoms with Crippen molar-refractivity contribution in [1.82, 2.24) is 15.1 Å². The Morgan fingerprint density at radius 2 is 2.07 bits per heavy atom. The first-order valence-corrected chi connectivity index (χ1v) is 9.18. The maximum Gasteiger partial charge on any atom is 0.436 e. The molecule has 10 heteroatoms. The molecule has 1 aromatic carbocycles. The summed E-state index contributed by atoms with van der Waals surface area (Å²) in [4.78, 5) is 0. The highest BCUT2D eigenvalue weighted by Gasteiger charge is 2.41. The zero-order chi connectivity index (χ0) is 19.6. The SMILES string of the molecule is Fc1cccc(NC(=S)NCCCn2nc(C(F)(F)F)c(Cl)c2C2CC2)c1. The maximum absolute atomic E-state index is 13.1. The third-order valence-corrected chi connectivity index (χ3v) is 4.70. The van der Waals surface area contributed by atoms with Gasteiger partial charge in [0.25, 0.3) is 0 Å². The molecule has 0 spiro atoms. The van der Waals surface area contributed by atoms with E-state index in [1.807, 2.05) is 0 Å². The average Bonchev–Trinajstić information content (AvgIpc) is 3.34. The van der Waals surface area contributed by atoms with Gasteiger partial charge >= 0.3 is 6.18 Å². The van der Waals surface area contributed by atoms with Crippen molar-refractivity contribution < 1.29 is 17.6 Å². The Morgan fingerprint density at radius 3 is 2.70 bits per heavy atom. The Kier molecular flexibility index (Phi) is 5.90. The fourth-order valence-corrected chi connectivity index (χ4v) is 3.34. The van der Waals surface area contributed by atoms with Crippen molar-refractivity contribution in [1.29, 1.82) is 0 Å². The van der Waals surface area contributed by atoms with E-state index in [-0.39, 0.29) is 23.3 Å². The van der Waals surface area contributed by atoms with Gasteiger partial charge in [-0.05, 0) is 49.7 Å². The van der Waals surface area contributed by atoms with Gasteiger partial charge in [0.05, 0.1) is 10.7 Å². The average molecular weight is 421 g/mol. The van der Waals surface area contributed by atoms with Crippen molar-refractivity contribution in [2.24, 2.45) is 0 Å². The first-order valence-electron chi connectivity index (χ1n) is 8.39. The van der Waals surface area contributed by atoms with E-state index >= 15 is 0 Å². The van der Waals surface area contributed by atoms with Gasteiger partial charge in [0.15, 0.2) is 10.8 Å². The molecule has 1 aromatic heterocycles. The van der Waals surface area contributed by atoms with E-state index in [2.05, 4.69) is 15.7 Å². The lowest BCUT2D eigenvalue weighted by Gasteiger charge is -2.11. The number of aromatic nitrogens is 2. The van der Waals surface area contributed by atoms with Crippen LogP contribution in [-0.2, 0) is 12.7 Å². The van der Waals surface area contributed by atoms with Crippen LogP contribution in [0.4, 0.5) is 23.2 Å². The molecule has 0 saturated heterocycles. The molecule has 3 rings (SSSR count). The van der Waals surface area contributed by atoms with Gasteiger partial charge < -0.3 is 10.6 Å². The predicted molar refractivity (Wildman–Crippen MR) is 99.5 cm³/mol.